The van der Waals surface area contributed by atoms with Crippen LogP contribution in [0.1, 0.15) is 55.3 Å². The minimum absolute atomic E-state index is 0.0167. The first-order chi connectivity index (χ1) is 11.2. The van der Waals surface area contributed by atoms with Crippen molar-refractivity contribution in [2.75, 3.05) is 19.0 Å². The highest BCUT2D eigenvalue weighted by molar-refractivity contribution is 5.93. The molecule has 1 fully saturated rings. The summed E-state index contributed by atoms with van der Waals surface area (Å²) in [6.07, 6.45) is 8.13. The molecule has 0 saturated heterocycles. The second-order valence-electron chi connectivity index (χ2n) is 6.01. The minimum atomic E-state index is -0.379. The van der Waals surface area contributed by atoms with Crippen LogP contribution < -0.4 is 10.6 Å². The van der Waals surface area contributed by atoms with E-state index < -0.39 is 0 Å². The lowest BCUT2D eigenvalue weighted by Crippen LogP contribution is -2.31. The van der Waals surface area contributed by atoms with E-state index in [-0.39, 0.29) is 11.9 Å². The first-order valence-corrected chi connectivity index (χ1v) is 8.40. The third-order valence-electron chi connectivity index (χ3n) is 4.23. The van der Waals surface area contributed by atoms with Gasteiger partial charge in [0.2, 0.25) is 5.91 Å². The van der Waals surface area contributed by atoms with Crippen LogP contribution in [0.5, 0.6) is 0 Å². The van der Waals surface area contributed by atoms with Crippen molar-refractivity contribution in [2.24, 2.45) is 0 Å². The van der Waals surface area contributed by atoms with Crippen molar-refractivity contribution in [2.45, 2.75) is 51.0 Å². The first kappa shape index (κ1) is 17.5. The number of carbonyl (C=O) groups is 2. The van der Waals surface area contributed by atoms with Gasteiger partial charge >= 0.3 is 5.97 Å². The highest BCUT2D eigenvalue weighted by Gasteiger charge is 2.12. The molecule has 0 atom stereocenters. The molecule has 1 aromatic rings. The van der Waals surface area contributed by atoms with E-state index in [1.165, 1.54) is 45.6 Å². The highest BCUT2D eigenvalue weighted by atomic mass is 16.5. The average molecular weight is 318 g/mol. The topological polar surface area (TPSA) is 67.4 Å². The van der Waals surface area contributed by atoms with E-state index in [0.29, 0.717) is 30.3 Å². The van der Waals surface area contributed by atoms with E-state index in [0.717, 1.165) is 0 Å². The number of hydrogen-bond acceptors (Lipinski definition) is 4. The molecule has 0 heterocycles. The summed E-state index contributed by atoms with van der Waals surface area (Å²) in [5, 5.41) is 6.33. The van der Waals surface area contributed by atoms with Gasteiger partial charge in [0.1, 0.15) is 0 Å². The lowest BCUT2D eigenvalue weighted by atomic mass is 10.1. The Labute approximate surface area is 137 Å². The molecule has 0 aliphatic heterocycles. The van der Waals surface area contributed by atoms with Crippen LogP contribution >= 0.6 is 0 Å². The normalized spacial score (nSPS) is 15.7. The summed E-state index contributed by atoms with van der Waals surface area (Å²) in [5.41, 5.74) is 1.16. The van der Waals surface area contributed by atoms with Gasteiger partial charge in [-0.2, -0.15) is 0 Å². The van der Waals surface area contributed by atoms with Crippen LogP contribution in [0.15, 0.2) is 24.3 Å². The number of methoxy groups -OCH3 is 1. The van der Waals surface area contributed by atoms with E-state index >= 15 is 0 Å². The molecule has 23 heavy (non-hydrogen) atoms. The lowest BCUT2D eigenvalue weighted by Gasteiger charge is -2.15. The van der Waals surface area contributed by atoms with Crippen LogP contribution in [-0.4, -0.2) is 31.6 Å². The van der Waals surface area contributed by atoms with Gasteiger partial charge in [-0.1, -0.05) is 25.7 Å². The standard InChI is InChI=1S/C18H26N2O3/c1-23-18(22)14-8-10-16(11-9-14)20-17(21)12-13-19-15-6-4-2-3-5-7-15/h8-11,15,19H,2-7,12-13H2,1H3,(H,20,21). The molecule has 126 valence electrons. The first-order valence-electron chi connectivity index (χ1n) is 8.40. The molecule has 1 saturated carbocycles. The van der Waals surface area contributed by atoms with Crippen LogP contribution in [0.4, 0.5) is 5.69 Å². The third-order valence-corrected chi connectivity index (χ3v) is 4.23. The maximum absolute atomic E-state index is 12.0. The van der Waals surface area contributed by atoms with Crippen molar-refractivity contribution < 1.29 is 14.3 Å². The number of benzene rings is 1. The van der Waals surface area contributed by atoms with Gasteiger partial charge in [0.15, 0.2) is 0 Å². The molecular formula is C18H26N2O3. The number of hydrogen-bond donors (Lipinski definition) is 2. The summed E-state index contributed by atoms with van der Waals surface area (Å²) in [6.45, 7) is 0.705. The van der Waals surface area contributed by atoms with E-state index in [4.69, 9.17) is 0 Å². The molecule has 0 unspecified atom stereocenters. The zero-order valence-electron chi connectivity index (χ0n) is 13.8. The zero-order chi connectivity index (χ0) is 16.5. The molecule has 0 radical (unpaired) electrons. The van der Waals surface area contributed by atoms with Gasteiger partial charge in [0, 0.05) is 24.7 Å². The molecule has 5 nitrogen and oxygen atoms in total. The number of nitrogens with one attached hydrogen (secondary N) is 2. The van der Waals surface area contributed by atoms with E-state index in [1.807, 2.05) is 0 Å². The minimum Gasteiger partial charge on any atom is -0.465 e. The molecule has 2 rings (SSSR count). The number of rotatable bonds is 6. The maximum Gasteiger partial charge on any atom is 0.337 e. The summed E-state index contributed by atoms with van der Waals surface area (Å²) in [5.74, 6) is -0.396. The Balaban J connectivity index is 1.70. The fourth-order valence-corrected chi connectivity index (χ4v) is 2.90. The van der Waals surface area contributed by atoms with Crippen molar-refractivity contribution >= 4 is 17.6 Å². The number of esters is 1. The summed E-state index contributed by atoms with van der Waals surface area (Å²) < 4.78 is 4.64. The average Bonchev–Trinajstić information content (AvgIpc) is 2.83. The third kappa shape index (κ3) is 6.02. The van der Waals surface area contributed by atoms with Crippen molar-refractivity contribution in [1.82, 2.24) is 5.32 Å². The lowest BCUT2D eigenvalue weighted by molar-refractivity contribution is -0.116. The monoisotopic (exact) mass is 318 g/mol. The van der Waals surface area contributed by atoms with Crippen LogP contribution in [0, 0.1) is 0 Å². The van der Waals surface area contributed by atoms with Crippen LogP contribution in [0.25, 0.3) is 0 Å². The van der Waals surface area contributed by atoms with Gasteiger partial charge in [-0.25, -0.2) is 4.79 Å². The van der Waals surface area contributed by atoms with Crippen LogP contribution in [0.3, 0.4) is 0 Å². The SMILES string of the molecule is COC(=O)c1ccc(NC(=O)CCNC2CCCCCC2)cc1. The summed E-state index contributed by atoms with van der Waals surface area (Å²) in [6, 6.07) is 7.27. The second-order valence-corrected chi connectivity index (χ2v) is 6.01. The summed E-state index contributed by atoms with van der Waals surface area (Å²) in [7, 11) is 1.35. The molecule has 1 aliphatic carbocycles. The predicted molar refractivity (Wildman–Crippen MR) is 90.5 cm³/mol. The Morgan fingerprint density at radius 2 is 1.74 bits per heavy atom. The Morgan fingerprint density at radius 3 is 2.35 bits per heavy atom. The van der Waals surface area contributed by atoms with E-state index in [1.54, 1.807) is 24.3 Å². The molecule has 1 aromatic carbocycles. The van der Waals surface area contributed by atoms with Gasteiger partial charge in [0.25, 0.3) is 0 Å². The largest absolute Gasteiger partial charge is 0.465 e. The van der Waals surface area contributed by atoms with Gasteiger partial charge in [-0.3, -0.25) is 4.79 Å². The Bertz CT molecular complexity index is 506. The van der Waals surface area contributed by atoms with Gasteiger partial charge in [0.05, 0.1) is 12.7 Å². The number of amides is 1. The van der Waals surface area contributed by atoms with Crippen molar-refractivity contribution in [1.29, 1.82) is 0 Å². The number of ether oxygens (including phenoxy) is 1. The number of carbonyl (C=O) groups excluding carboxylic acids is 2. The fraction of sp³-hybridized carbons (Fsp3) is 0.556. The number of anilines is 1. The smallest absolute Gasteiger partial charge is 0.337 e. The van der Waals surface area contributed by atoms with E-state index in [9.17, 15) is 9.59 Å². The van der Waals surface area contributed by atoms with Crippen LogP contribution in [-0.2, 0) is 9.53 Å². The molecule has 2 N–H and O–H groups in total. The van der Waals surface area contributed by atoms with Gasteiger partial charge in [-0.15, -0.1) is 0 Å². The Morgan fingerprint density at radius 1 is 1.09 bits per heavy atom. The summed E-state index contributed by atoms with van der Waals surface area (Å²) >= 11 is 0. The quantitative estimate of drug-likeness (QED) is 0.625. The Kier molecular flexibility index (Phi) is 7.07. The van der Waals surface area contributed by atoms with Crippen molar-refractivity contribution in [3.05, 3.63) is 29.8 Å². The molecule has 0 spiro atoms. The molecule has 5 heteroatoms. The maximum atomic E-state index is 12.0. The molecule has 0 aromatic heterocycles. The predicted octanol–water partition coefficient (Wildman–Crippen LogP) is 3.11. The van der Waals surface area contributed by atoms with Crippen molar-refractivity contribution in [3.63, 3.8) is 0 Å². The van der Waals surface area contributed by atoms with Gasteiger partial charge < -0.3 is 15.4 Å². The molecule has 0 bridgehead atoms. The second kappa shape index (κ2) is 9.30. The zero-order valence-corrected chi connectivity index (χ0v) is 13.8. The Hall–Kier alpha value is -1.88. The molecular weight excluding hydrogens is 292 g/mol. The summed E-state index contributed by atoms with van der Waals surface area (Å²) in [4.78, 5) is 23.3. The van der Waals surface area contributed by atoms with Crippen LogP contribution in [0.2, 0.25) is 0 Å². The molecule has 1 aliphatic rings. The fourth-order valence-electron chi connectivity index (χ4n) is 2.90. The molecule has 1 amide bonds. The van der Waals surface area contributed by atoms with E-state index in [2.05, 4.69) is 15.4 Å². The van der Waals surface area contributed by atoms with Gasteiger partial charge in [-0.05, 0) is 37.1 Å². The highest BCUT2D eigenvalue weighted by Crippen LogP contribution is 2.17. The van der Waals surface area contributed by atoms with Crippen molar-refractivity contribution in [3.8, 4) is 0 Å².